The average Bonchev–Trinajstić information content (AvgIpc) is 2.54. The van der Waals surface area contributed by atoms with Crippen LogP contribution in [0.5, 0.6) is 5.75 Å². The molecule has 1 aromatic rings. The number of carbonyl (C=O) groups is 1. The van der Waals surface area contributed by atoms with Gasteiger partial charge in [-0.2, -0.15) is 0 Å². The van der Waals surface area contributed by atoms with Crippen molar-refractivity contribution >= 4 is 5.91 Å². The van der Waals surface area contributed by atoms with Crippen molar-refractivity contribution in [3.63, 3.8) is 0 Å². The lowest BCUT2D eigenvalue weighted by Gasteiger charge is -2.57. The third-order valence-electron chi connectivity index (χ3n) is 5.18. The summed E-state index contributed by atoms with van der Waals surface area (Å²) in [5.41, 5.74) is 6.11. The van der Waals surface area contributed by atoms with E-state index in [1.807, 2.05) is 52.0 Å². The van der Waals surface area contributed by atoms with Gasteiger partial charge in [0.1, 0.15) is 11.3 Å². The summed E-state index contributed by atoms with van der Waals surface area (Å²) in [5, 5.41) is 3.03. The molecule has 0 spiro atoms. The summed E-state index contributed by atoms with van der Waals surface area (Å²) in [6.07, 6.45) is 0.570. The lowest BCUT2D eigenvalue weighted by Crippen LogP contribution is -2.75. The lowest BCUT2D eigenvalue weighted by atomic mass is 9.54. The van der Waals surface area contributed by atoms with Gasteiger partial charge in [-0.25, -0.2) is 0 Å². The first-order valence-corrected chi connectivity index (χ1v) is 8.11. The van der Waals surface area contributed by atoms with Crippen molar-refractivity contribution in [3.8, 4) is 5.75 Å². The minimum absolute atomic E-state index is 0.0235. The Bertz CT molecular complexity index is 573. The fourth-order valence-electron chi connectivity index (χ4n) is 3.14. The molecule has 0 heterocycles. The topological polar surface area (TPSA) is 73.6 Å². The Labute approximate surface area is 138 Å². The molecule has 0 saturated heterocycles. The van der Waals surface area contributed by atoms with Crippen LogP contribution >= 0.6 is 0 Å². The summed E-state index contributed by atoms with van der Waals surface area (Å²) in [4.78, 5) is 12.7. The molecule has 3 atom stereocenters. The number of methoxy groups -OCH3 is 1. The molecule has 3 N–H and O–H groups in total. The first kappa shape index (κ1) is 17.8. The van der Waals surface area contributed by atoms with Crippen LogP contribution in [0, 0.1) is 5.41 Å². The van der Waals surface area contributed by atoms with E-state index in [1.54, 1.807) is 7.11 Å². The van der Waals surface area contributed by atoms with Gasteiger partial charge in [-0.3, -0.25) is 4.79 Å². The molecule has 1 saturated carbocycles. The summed E-state index contributed by atoms with van der Waals surface area (Å²) in [7, 11) is 1.63. The molecular formula is C18H28N2O3. The number of carbonyl (C=O) groups excluding carboxylic acids is 1. The Balaban J connectivity index is 2.07. The summed E-state index contributed by atoms with van der Waals surface area (Å²) in [6.45, 7) is 8.52. The molecule has 0 bridgehead atoms. The monoisotopic (exact) mass is 320 g/mol. The third kappa shape index (κ3) is 3.08. The number of rotatable bonds is 6. The van der Waals surface area contributed by atoms with Crippen LogP contribution in [0.1, 0.15) is 45.7 Å². The number of amides is 1. The largest absolute Gasteiger partial charge is 0.497 e. The lowest BCUT2D eigenvalue weighted by molar-refractivity contribution is -0.171. The second-order valence-corrected chi connectivity index (χ2v) is 6.81. The van der Waals surface area contributed by atoms with Gasteiger partial charge in [0.15, 0.2) is 0 Å². The third-order valence-corrected chi connectivity index (χ3v) is 5.18. The van der Waals surface area contributed by atoms with E-state index in [2.05, 4.69) is 5.32 Å². The molecule has 128 valence electrons. The molecule has 1 amide bonds. The molecule has 1 fully saturated rings. The molecule has 1 aliphatic rings. The molecule has 0 radical (unpaired) electrons. The number of nitrogens with one attached hydrogen (secondary N) is 1. The van der Waals surface area contributed by atoms with Crippen LogP contribution < -0.4 is 15.8 Å². The van der Waals surface area contributed by atoms with Gasteiger partial charge in [-0.1, -0.05) is 26.0 Å². The first-order chi connectivity index (χ1) is 10.8. The molecule has 5 nitrogen and oxygen atoms in total. The van der Waals surface area contributed by atoms with Crippen LogP contribution in [0.15, 0.2) is 24.3 Å². The molecule has 1 aliphatic carbocycles. The van der Waals surface area contributed by atoms with Gasteiger partial charge >= 0.3 is 0 Å². The SMILES string of the molecule is CCOC1CC(N)(C(=O)NC(C)c2cccc(OC)c2)C1(C)C. The van der Waals surface area contributed by atoms with Crippen molar-refractivity contribution in [2.45, 2.75) is 51.8 Å². The van der Waals surface area contributed by atoms with Gasteiger partial charge in [0.25, 0.3) is 0 Å². The van der Waals surface area contributed by atoms with Crippen molar-refractivity contribution in [1.29, 1.82) is 0 Å². The second kappa shape index (κ2) is 6.49. The predicted octanol–water partition coefficient (Wildman–Crippen LogP) is 2.40. The second-order valence-electron chi connectivity index (χ2n) is 6.81. The molecule has 0 aliphatic heterocycles. The quantitative estimate of drug-likeness (QED) is 0.844. The van der Waals surface area contributed by atoms with E-state index in [1.165, 1.54) is 0 Å². The zero-order chi connectivity index (χ0) is 17.3. The van der Waals surface area contributed by atoms with E-state index < -0.39 is 5.54 Å². The van der Waals surface area contributed by atoms with Crippen molar-refractivity contribution in [2.75, 3.05) is 13.7 Å². The van der Waals surface area contributed by atoms with Crippen molar-refractivity contribution < 1.29 is 14.3 Å². The molecule has 0 aromatic heterocycles. The molecule has 5 heteroatoms. The minimum atomic E-state index is -0.903. The van der Waals surface area contributed by atoms with Crippen molar-refractivity contribution in [2.24, 2.45) is 11.1 Å². The standard InChI is InChI=1S/C18H28N2O3/c1-6-23-15-11-18(19,17(15,3)4)16(21)20-12(2)13-8-7-9-14(10-13)22-5/h7-10,12,15H,6,11,19H2,1-5H3,(H,20,21). The summed E-state index contributed by atoms with van der Waals surface area (Å²) in [6, 6.07) is 7.53. The van der Waals surface area contributed by atoms with Gasteiger partial charge < -0.3 is 20.5 Å². The Morgan fingerprint density at radius 2 is 2.17 bits per heavy atom. The summed E-state index contributed by atoms with van der Waals surface area (Å²) < 4.78 is 10.9. The van der Waals surface area contributed by atoms with Gasteiger partial charge in [-0.15, -0.1) is 0 Å². The van der Waals surface area contributed by atoms with E-state index in [9.17, 15) is 4.79 Å². The highest BCUT2D eigenvalue weighted by Gasteiger charge is 2.62. The van der Waals surface area contributed by atoms with Crippen molar-refractivity contribution in [3.05, 3.63) is 29.8 Å². The molecular weight excluding hydrogens is 292 g/mol. The molecule has 23 heavy (non-hydrogen) atoms. The molecule has 1 aromatic carbocycles. The fourth-order valence-corrected chi connectivity index (χ4v) is 3.14. The Morgan fingerprint density at radius 1 is 1.48 bits per heavy atom. The summed E-state index contributed by atoms with van der Waals surface area (Å²) in [5.74, 6) is 0.639. The van der Waals surface area contributed by atoms with Gasteiger partial charge in [0.05, 0.1) is 19.3 Å². The van der Waals surface area contributed by atoms with E-state index in [-0.39, 0.29) is 23.5 Å². The first-order valence-electron chi connectivity index (χ1n) is 8.11. The molecule has 2 rings (SSSR count). The smallest absolute Gasteiger partial charge is 0.241 e. The zero-order valence-electron chi connectivity index (χ0n) is 14.7. The summed E-state index contributed by atoms with van der Waals surface area (Å²) >= 11 is 0. The number of nitrogens with two attached hydrogens (primary N) is 1. The number of benzene rings is 1. The van der Waals surface area contributed by atoms with E-state index in [0.29, 0.717) is 13.0 Å². The fraction of sp³-hybridized carbons (Fsp3) is 0.611. The van der Waals surface area contributed by atoms with Crippen molar-refractivity contribution in [1.82, 2.24) is 5.32 Å². The van der Waals surface area contributed by atoms with Crippen LogP contribution in [0.25, 0.3) is 0 Å². The normalized spacial score (nSPS) is 27.0. The predicted molar refractivity (Wildman–Crippen MR) is 90.3 cm³/mol. The maximum atomic E-state index is 12.7. The Hall–Kier alpha value is -1.59. The van der Waals surface area contributed by atoms with Gasteiger partial charge in [0.2, 0.25) is 5.91 Å². The maximum Gasteiger partial charge on any atom is 0.241 e. The highest BCUT2D eigenvalue weighted by molar-refractivity contribution is 5.89. The van der Waals surface area contributed by atoms with E-state index >= 15 is 0 Å². The van der Waals surface area contributed by atoms with Gasteiger partial charge in [-0.05, 0) is 31.5 Å². The van der Waals surface area contributed by atoms with Crippen LogP contribution in [0.4, 0.5) is 0 Å². The average molecular weight is 320 g/mol. The molecule has 3 unspecified atom stereocenters. The van der Waals surface area contributed by atoms with Crippen LogP contribution in [-0.4, -0.2) is 31.3 Å². The Morgan fingerprint density at radius 3 is 2.74 bits per heavy atom. The number of ether oxygens (including phenoxy) is 2. The zero-order valence-corrected chi connectivity index (χ0v) is 14.7. The maximum absolute atomic E-state index is 12.7. The number of hydrogen-bond acceptors (Lipinski definition) is 4. The van der Waals surface area contributed by atoms with Crippen LogP contribution in [0.2, 0.25) is 0 Å². The van der Waals surface area contributed by atoms with Crippen LogP contribution in [-0.2, 0) is 9.53 Å². The van der Waals surface area contributed by atoms with Crippen LogP contribution in [0.3, 0.4) is 0 Å². The highest BCUT2D eigenvalue weighted by atomic mass is 16.5. The number of hydrogen-bond donors (Lipinski definition) is 2. The highest BCUT2D eigenvalue weighted by Crippen LogP contribution is 2.50. The Kier molecular flexibility index (Phi) is 5.01. The van der Waals surface area contributed by atoms with Gasteiger partial charge in [0, 0.05) is 18.4 Å². The minimum Gasteiger partial charge on any atom is -0.497 e. The van der Waals surface area contributed by atoms with E-state index in [4.69, 9.17) is 15.2 Å². The van der Waals surface area contributed by atoms with E-state index in [0.717, 1.165) is 11.3 Å².